The molecule has 23 heavy (non-hydrogen) atoms. The number of nitrogens with one attached hydrogen (secondary N) is 1. The summed E-state index contributed by atoms with van der Waals surface area (Å²) >= 11 is 6.23. The lowest BCUT2D eigenvalue weighted by Gasteiger charge is -2.32. The molecule has 4 nitrogen and oxygen atoms in total. The largest absolute Gasteiger partial charge is 0.382 e. The molecule has 1 aliphatic heterocycles. The first-order valence-electron chi connectivity index (χ1n) is 8.52. The molecule has 0 bridgehead atoms. The fourth-order valence-corrected chi connectivity index (χ4v) is 3.15. The summed E-state index contributed by atoms with van der Waals surface area (Å²) in [4.78, 5) is 14.6. The molecule has 1 saturated heterocycles. The van der Waals surface area contributed by atoms with Gasteiger partial charge in [-0.05, 0) is 44.4 Å². The second-order valence-electron chi connectivity index (χ2n) is 6.01. The van der Waals surface area contributed by atoms with Gasteiger partial charge in [0.1, 0.15) is 0 Å². The number of halogens is 1. The van der Waals surface area contributed by atoms with Crippen molar-refractivity contribution in [2.24, 2.45) is 5.92 Å². The molecule has 128 valence electrons. The number of carbonyl (C=O) groups excluding carboxylic acids is 1. The van der Waals surface area contributed by atoms with Crippen LogP contribution in [0.15, 0.2) is 24.3 Å². The van der Waals surface area contributed by atoms with Gasteiger partial charge in [-0.2, -0.15) is 0 Å². The zero-order valence-corrected chi connectivity index (χ0v) is 14.6. The van der Waals surface area contributed by atoms with Gasteiger partial charge in [-0.25, -0.2) is 0 Å². The highest BCUT2D eigenvalue weighted by Crippen LogP contribution is 2.22. The van der Waals surface area contributed by atoms with E-state index in [1.165, 1.54) is 0 Å². The summed E-state index contributed by atoms with van der Waals surface area (Å²) in [7, 11) is 0. The summed E-state index contributed by atoms with van der Waals surface area (Å²) in [6.45, 7) is 6.76. The van der Waals surface area contributed by atoms with Crippen molar-refractivity contribution in [1.82, 2.24) is 10.2 Å². The number of rotatable bonds is 8. The lowest BCUT2D eigenvalue weighted by molar-refractivity contribution is -0.126. The zero-order valence-electron chi connectivity index (χ0n) is 13.9. The van der Waals surface area contributed by atoms with E-state index >= 15 is 0 Å². The predicted octanol–water partition coefficient (Wildman–Crippen LogP) is 3.09. The van der Waals surface area contributed by atoms with Crippen LogP contribution in [0, 0.1) is 5.92 Å². The zero-order chi connectivity index (χ0) is 16.5. The van der Waals surface area contributed by atoms with Gasteiger partial charge in [-0.1, -0.05) is 29.8 Å². The number of likely N-dealkylation sites (tertiary alicyclic amines) is 1. The van der Waals surface area contributed by atoms with E-state index in [1.807, 2.05) is 25.1 Å². The third-order valence-corrected chi connectivity index (χ3v) is 4.57. The van der Waals surface area contributed by atoms with Gasteiger partial charge < -0.3 is 10.1 Å². The van der Waals surface area contributed by atoms with Gasteiger partial charge in [0.15, 0.2) is 0 Å². The van der Waals surface area contributed by atoms with Crippen molar-refractivity contribution < 1.29 is 9.53 Å². The van der Waals surface area contributed by atoms with Crippen LogP contribution in [0.3, 0.4) is 0 Å². The van der Waals surface area contributed by atoms with Crippen molar-refractivity contribution >= 4 is 17.5 Å². The second kappa shape index (κ2) is 9.91. The van der Waals surface area contributed by atoms with Crippen molar-refractivity contribution in [3.05, 3.63) is 34.9 Å². The molecule has 1 N–H and O–H groups in total. The van der Waals surface area contributed by atoms with Crippen molar-refractivity contribution in [3.8, 4) is 0 Å². The van der Waals surface area contributed by atoms with Crippen LogP contribution in [0.2, 0.25) is 5.02 Å². The molecule has 0 aromatic heterocycles. The minimum Gasteiger partial charge on any atom is -0.382 e. The quantitative estimate of drug-likeness (QED) is 0.741. The summed E-state index contributed by atoms with van der Waals surface area (Å²) < 4.78 is 5.28. The molecule has 1 aliphatic rings. The predicted molar refractivity (Wildman–Crippen MR) is 93.6 cm³/mol. The number of ether oxygens (including phenoxy) is 1. The number of hydrogen-bond acceptors (Lipinski definition) is 3. The lowest BCUT2D eigenvalue weighted by atomic mass is 9.96. The number of nitrogens with zero attached hydrogens (tertiary/aromatic N) is 1. The highest BCUT2D eigenvalue weighted by atomic mass is 35.5. The molecule has 1 atom stereocenters. The highest BCUT2D eigenvalue weighted by Gasteiger charge is 2.25. The number of amides is 1. The molecule has 2 rings (SSSR count). The van der Waals surface area contributed by atoms with Crippen molar-refractivity contribution in [1.29, 1.82) is 0 Å². The maximum Gasteiger partial charge on any atom is 0.224 e. The molecular formula is C18H27ClN2O2. The number of carbonyl (C=O) groups is 1. The van der Waals surface area contributed by atoms with Gasteiger partial charge in [0.05, 0.1) is 5.92 Å². The van der Waals surface area contributed by atoms with Gasteiger partial charge in [-0.3, -0.25) is 9.69 Å². The maximum atomic E-state index is 12.3. The van der Waals surface area contributed by atoms with Gasteiger partial charge in [0.25, 0.3) is 0 Å². The van der Waals surface area contributed by atoms with Crippen molar-refractivity contribution in [2.45, 2.75) is 32.7 Å². The van der Waals surface area contributed by atoms with E-state index in [2.05, 4.69) is 16.3 Å². The van der Waals surface area contributed by atoms with Crippen LogP contribution >= 0.6 is 11.6 Å². The van der Waals surface area contributed by atoms with Crippen LogP contribution in [-0.4, -0.2) is 43.7 Å². The lowest BCUT2D eigenvalue weighted by Crippen LogP contribution is -2.43. The number of hydrogen-bond donors (Lipinski definition) is 1. The minimum atomic E-state index is 0.0818. The Hall–Kier alpha value is -1.10. The summed E-state index contributed by atoms with van der Waals surface area (Å²) in [5.74, 6) is 0.253. The number of piperidine rings is 1. The Bertz CT molecular complexity index is 496. The van der Waals surface area contributed by atoms with E-state index in [1.54, 1.807) is 0 Å². The van der Waals surface area contributed by atoms with E-state index in [9.17, 15) is 4.79 Å². The first-order chi connectivity index (χ1) is 11.2. The Labute approximate surface area is 144 Å². The average molecular weight is 339 g/mol. The maximum absolute atomic E-state index is 12.3. The van der Waals surface area contributed by atoms with Crippen molar-refractivity contribution in [2.75, 3.05) is 32.8 Å². The molecule has 1 fully saturated rings. The van der Waals surface area contributed by atoms with Crippen LogP contribution in [-0.2, 0) is 16.1 Å². The van der Waals surface area contributed by atoms with Crippen LogP contribution in [0.1, 0.15) is 31.7 Å². The van der Waals surface area contributed by atoms with E-state index in [4.69, 9.17) is 16.3 Å². The van der Waals surface area contributed by atoms with E-state index in [0.29, 0.717) is 13.2 Å². The van der Waals surface area contributed by atoms with Gasteiger partial charge in [0.2, 0.25) is 5.91 Å². The first kappa shape index (κ1) is 18.2. The normalized spacial score (nSPS) is 18.8. The molecule has 1 aromatic rings. The van der Waals surface area contributed by atoms with Gasteiger partial charge in [-0.15, -0.1) is 0 Å². The molecule has 0 spiro atoms. The van der Waals surface area contributed by atoms with Crippen LogP contribution in [0.5, 0.6) is 0 Å². The first-order valence-corrected chi connectivity index (χ1v) is 8.89. The molecule has 0 aliphatic carbocycles. The summed E-state index contributed by atoms with van der Waals surface area (Å²) in [5.41, 5.74) is 1.13. The molecule has 5 heteroatoms. The Kier molecular flexibility index (Phi) is 7.86. The fraction of sp³-hybridized carbons (Fsp3) is 0.611. The Morgan fingerprint density at radius 2 is 2.26 bits per heavy atom. The minimum absolute atomic E-state index is 0.0818. The molecule has 1 heterocycles. The molecule has 1 amide bonds. The number of benzene rings is 1. The Balaban J connectivity index is 1.76. The average Bonchev–Trinajstić information content (AvgIpc) is 2.57. The standard InChI is InChI=1S/C18H27ClN2O2/c1-2-23-12-6-10-20-18(22)16-8-5-11-21(14-16)13-15-7-3-4-9-17(15)19/h3-4,7,9,16H,2,5-6,8,10-14H2,1H3,(H,20,22). The van der Waals surface area contributed by atoms with Crippen molar-refractivity contribution in [3.63, 3.8) is 0 Å². The smallest absolute Gasteiger partial charge is 0.224 e. The third kappa shape index (κ3) is 6.13. The monoisotopic (exact) mass is 338 g/mol. The molecule has 1 unspecified atom stereocenters. The molecule has 0 radical (unpaired) electrons. The van der Waals surface area contributed by atoms with Gasteiger partial charge >= 0.3 is 0 Å². The molecular weight excluding hydrogens is 312 g/mol. The second-order valence-corrected chi connectivity index (χ2v) is 6.41. The van der Waals surface area contributed by atoms with Gasteiger partial charge in [0, 0.05) is 37.9 Å². The van der Waals surface area contributed by atoms with Crippen LogP contribution in [0.4, 0.5) is 0 Å². The summed E-state index contributed by atoms with van der Waals surface area (Å²) in [5, 5.41) is 3.84. The van der Waals surface area contributed by atoms with Crippen LogP contribution < -0.4 is 5.32 Å². The molecule has 0 saturated carbocycles. The topological polar surface area (TPSA) is 41.6 Å². The van der Waals surface area contributed by atoms with E-state index in [0.717, 1.165) is 56.1 Å². The highest BCUT2D eigenvalue weighted by molar-refractivity contribution is 6.31. The summed E-state index contributed by atoms with van der Waals surface area (Å²) in [6, 6.07) is 7.93. The van der Waals surface area contributed by atoms with Crippen LogP contribution in [0.25, 0.3) is 0 Å². The third-order valence-electron chi connectivity index (χ3n) is 4.20. The molecule has 1 aromatic carbocycles. The Morgan fingerprint density at radius 1 is 1.43 bits per heavy atom. The van der Waals surface area contributed by atoms with E-state index in [-0.39, 0.29) is 11.8 Å². The fourth-order valence-electron chi connectivity index (χ4n) is 2.96. The summed E-state index contributed by atoms with van der Waals surface area (Å²) in [6.07, 6.45) is 2.90. The van der Waals surface area contributed by atoms with E-state index < -0.39 is 0 Å². The Morgan fingerprint density at radius 3 is 3.04 bits per heavy atom. The SMILES string of the molecule is CCOCCCNC(=O)C1CCCN(Cc2ccccc2Cl)C1.